The van der Waals surface area contributed by atoms with Crippen LogP contribution in [0.4, 0.5) is 10.6 Å². The summed E-state index contributed by atoms with van der Waals surface area (Å²) in [5.41, 5.74) is 8.66. The van der Waals surface area contributed by atoms with E-state index in [0.29, 0.717) is 64.5 Å². The van der Waals surface area contributed by atoms with E-state index in [-0.39, 0.29) is 23.8 Å². The zero-order valence-corrected chi connectivity index (χ0v) is 24.9. The Kier molecular flexibility index (Phi) is 8.60. The van der Waals surface area contributed by atoms with Crippen LogP contribution in [-0.4, -0.2) is 89.7 Å². The number of likely N-dealkylation sites (tertiary alicyclic amines) is 1. The van der Waals surface area contributed by atoms with Gasteiger partial charge in [0.05, 0.1) is 22.4 Å². The van der Waals surface area contributed by atoms with Gasteiger partial charge in [-0.2, -0.15) is 0 Å². The van der Waals surface area contributed by atoms with Crippen molar-refractivity contribution in [3.05, 3.63) is 40.2 Å². The predicted octanol–water partition coefficient (Wildman–Crippen LogP) is 3.73. The number of Topliss-reactive ketones (excluding diaryl/α,β-unsaturated/α-hetero) is 1. The molecule has 0 unspecified atom stereocenters. The van der Waals surface area contributed by atoms with Crippen LogP contribution in [0.1, 0.15) is 44.9 Å². The monoisotopic (exact) mass is 570 g/mol. The van der Waals surface area contributed by atoms with Crippen LogP contribution < -0.4 is 15.4 Å². The van der Waals surface area contributed by atoms with E-state index in [1.54, 1.807) is 44.1 Å². The molecule has 40 heavy (non-hydrogen) atoms. The second-order valence-corrected chi connectivity index (χ2v) is 11.7. The first-order valence-corrected chi connectivity index (χ1v) is 13.9. The Morgan fingerprint density at radius 2 is 1.88 bits per heavy atom. The van der Waals surface area contributed by atoms with E-state index in [1.807, 2.05) is 18.7 Å². The van der Waals surface area contributed by atoms with Gasteiger partial charge in [-0.3, -0.25) is 4.79 Å². The fourth-order valence-corrected chi connectivity index (χ4v) is 5.68. The molecule has 0 saturated carbocycles. The fourth-order valence-electron chi connectivity index (χ4n) is 5.48. The number of rotatable bonds is 9. The third-order valence-electron chi connectivity index (χ3n) is 7.40. The van der Waals surface area contributed by atoms with E-state index in [0.717, 1.165) is 25.1 Å². The molecule has 3 heterocycles. The molecule has 10 nitrogen and oxygen atoms in total. The van der Waals surface area contributed by atoms with Gasteiger partial charge in [0.15, 0.2) is 11.6 Å². The number of nitrogens with zero attached hydrogens (tertiary/aromatic N) is 5. The van der Waals surface area contributed by atoms with Crippen molar-refractivity contribution in [2.45, 2.75) is 46.6 Å². The van der Waals surface area contributed by atoms with Gasteiger partial charge in [-0.25, -0.2) is 14.8 Å². The number of nitrogens with two attached hydrogens (primary N) is 1. The van der Waals surface area contributed by atoms with Gasteiger partial charge in [0.25, 0.3) is 0 Å². The molecular formula is C29H39ClN6O4. The van der Waals surface area contributed by atoms with Crippen LogP contribution in [0, 0.1) is 12.3 Å². The number of allylic oxidation sites excluding steroid dienone is 2. The molecule has 1 aromatic carbocycles. The summed E-state index contributed by atoms with van der Waals surface area (Å²) in [6.45, 7) is 10.1. The first kappa shape index (κ1) is 29.6. The highest BCUT2D eigenvalue weighted by Crippen LogP contribution is 2.44. The number of ether oxygens (including phenoxy) is 1. The van der Waals surface area contributed by atoms with E-state index in [1.165, 1.54) is 6.92 Å². The molecule has 4 rings (SSSR count). The number of hydrogen-bond donors (Lipinski definition) is 2. The van der Waals surface area contributed by atoms with Gasteiger partial charge < -0.3 is 30.3 Å². The Hall–Kier alpha value is -3.37. The molecule has 0 aliphatic carbocycles. The number of amides is 2. The molecule has 2 saturated heterocycles. The number of benzene rings is 1. The van der Waals surface area contributed by atoms with E-state index in [2.05, 4.69) is 4.90 Å². The van der Waals surface area contributed by atoms with E-state index in [4.69, 9.17) is 32.0 Å². The van der Waals surface area contributed by atoms with Crippen molar-refractivity contribution in [2.75, 3.05) is 51.8 Å². The number of urea groups is 1. The molecular weight excluding hydrogens is 532 g/mol. The van der Waals surface area contributed by atoms with Crippen LogP contribution in [-0.2, 0) is 4.79 Å². The molecule has 2 aliphatic rings. The molecule has 0 bridgehead atoms. The van der Waals surface area contributed by atoms with Crippen LogP contribution >= 0.6 is 11.6 Å². The number of aromatic nitrogens is 2. The van der Waals surface area contributed by atoms with Crippen LogP contribution in [0.25, 0.3) is 17.0 Å². The summed E-state index contributed by atoms with van der Waals surface area (Å²) in [7, 11) is 3.51. The molecule has 3 N–H and O–H groups in total. The zero-order valence-electron chi connectivity index (χ0n) is 24.1. The molecule has 0 radical (unpaired) electrons. The smallest absolute Gasteiger partial charge is 0.319 e. The van der Waals surface area contributed by atoms with Crippen LogP contribution in [0.3, 0.4) is 0 Å². The van der Waals surface area contributed by atoms with Crippen LogP contribution in [0.2, 0.25) is 5.02 Å². The summed E-state index contributed by atoms with van der Waals surface area (Å²) in [5, 5.41) is 10.5. The number of aliphatic hydroxyl groups is 1. The highest BCUT2D eigenvalue weighted by Gasteiger charge is 2.54. The molecule has 2 aliphatic heterocycles. The second-order valence-electron chi connectivity index (χ2n) is 11.2. The van der Waals surface area contributed by atoms with E-state index in [9.17, 15) is 14.7 Å². The van der Waals surface area contributed by atoms with E-state index < -0.39 is 6.10 Å². The molecule has 216 valence electrons. The molecule has 1 spiro atoms. The number of ketones is 1. The Morgan fingerprint density at radius 1 is 1.20 bits per heavy atom. The van der Waals surface area contributed by atoms with Crippen LogP contribution in [0.15, 0.2) is 23.9 Å². The minimum atomic E-state index is -0.567. The largest absolute Gasteiger partial charge is 0.491 e. The summed E-state index contributed by atoms with van der Waals surface area (Å²) < 4.78 is 5.83. The maximum absolute atomic E-state index is 12.7. The molecule has 2 fully saturated rings. The quantitative estimate of drug-likeness (QED) is 0.437. The van der Waals surface area contributed by atoms with Gasteiger partial charge in [0, 0.05) is 62.5 Å². The summed E-state index contributed by atoms with van der Waals surface area (Å²) >= 11 is 6.62. The maximum Gasteiger partial charge on any atom is 0.319 e. The van der Waals surface area contributed by atoms with Crippen molar-refractivity contribution < 1.29 is 19.4 Å². The minimum Gasteiger partial charge on any atom is -0.491 e. The zero-order chi connectivity index (χ0) is 29.4. The van der Waals surface area contributed by atoms with Gasteiger partial charge in [0.1, 0.15) is 18.2 Å². The maximum atomic E-state index is 12.7. The first-order valence-electron chi connectivity index (χ1n) is 13.5. The fraction of sp³-hybridized carbons (Fsp3) is 0.517. The normalized spacial score (nSPS) is 17.1. The number of halogens is 1. The number of carbonyl (C=O) groups excluding carboxylic acids is 2. The van der Waals surface area contributed by atoms with Gasteiger partial charge in [-0.1, -0.05) is 24.9 Å². The van der Waals surface area contributed by atoms with Crippen molar-refractivity contribution in [1.82, 2.24) is 19.8 Å². The summed E-state index contributed by atoms with van der Waals surface area (Å²) in [5.74, 6) is 1.38. The third-order valence-corrected chi connectivity index (χ3v) is 7.73. The van der Waals surface area contributed by atoms with Gasteiger partial charge in [-0.15, -0.1) is 0 Å². The number of carbonyl (C=O) groups is 2. The second kappa shape index (κ2) is 11.6. The lowest BCUT2D eigenvalue weighted by molar-refractivity contribution is -0.111. The molecule has 1 atom stereocenters. The van der Waals surface area contributed by atoms with Gasteiger partial charge in [0.2, 0.25) is 0 Å². The van der Waals surface area contributed by atoms with E-state index >= 15 is 0 Å². The number of anilines is 1. The van der Waals surface area contributed by atoms with Crippen molar-refractivity contribution in [3.63, 3.8) is 0 Å². The number of hydrogen-bond acceptors (Lipinski definition) is 8. The van der Waals surface area contributed by atoms with Gasteiger partial charge >= 0.3 is 6.03 Å². The SMILES string of the molecule is CCC[C@@H](O)COc1ccc(Cl)c(-c2nc(C(C(C)=O)=C(C)N)c(C)c(N3CC4(CN(C(=O)N(C)C)C4)C3)n2)c1. The topological polar surface area (TPSA) is 125 Å². The highest BCUT2D eigenvalue weighted by atomic mass is 35.5. The lowest BCUT2D eigenvalue weighted by Gasteiger charge is -2.60. The van der Waals surface area contributed by atoms with Crippen LogP contribution in [0.5, 0.6) is 5.75 Å². The lowest BCUT2D eigenvalue weighted by Crippen LogP contribution is -2.74. The van der Waals surface area contributed by atoms with Gasteiger partial charge in [-0.05, 0) is 45.4 Å². The third kappa shape index (κ3) is 5.88. The lowest BCUT2D eigenvalue weighted by atomic mass is 9.73. The molecule has 2 aromatic rings. The number of aliphatic hydroxyl groups excluding tert-OH is 1. The van der Waals surface area contributed by atoms with Crippen molar-refractivity contribution in [3.8, 4) is 17.1 Å². The van der Waals surface area contributed by atoms with Crippen molar-refractivity contribution in [2.24, 2.45) is 11.1 Å². The average Bonchev–Trinajstić information content (AvgIpc) is 2.83. The molecule has 2 amide bonds. The summed E-state index contributed by atoms with van der Waals surface area (Å²) in [6.07, 6.45) is 0.932. The molecule has 1 aromatic heterocycles. The predicted molar refractivity (Wildman–Crippen MR) is 156 cm³/mol. The Balaban J connectivity index is 1.69. The Morgan fingerprint density at radius 3 is 2.45 bits per heavy atom. The Bertz CT molecular complexity index is 1330. The first-order chi connectivity index (χ1) is 18.9. The average molecular weight is 571 g/mol. The van der Waals surface area contributed by atoms with Crippen molar-refractivity contribution in [1.29, 1.82) is 0 Å². The Labute approximate surface area is 240 Å². The minimum absolute atomic E-state index is 0.0143. The summed E-state index contributed by atoms with van der Waals surface area (Å²) in [6, 6.07) is 5.21. The standard InChI is InChI=1S/C29H39ClN6O4/c1-7-8-20(38)12-40-21-9-10-23(30)22(11-21)26-32-25(24(18(3)31)19(4)37)17(2)27(33-26)35-13-29(14-35)15-36(16-29)28(39)34(5)6/h9-11,20,38H,7-8,12-16,31H2,1-6H3/t20-/m1/s1. The highest BCUT2D eigenvalue weighted by molar-refractivity contribution is 6.33. The summed E-state index contributed by atoms with van der Waals surface area (Å²) in [4.78, 5) is 40.3. The van der Waals surface area contributed by atoms with Crippen molar-refractivity contribution >= 4 is 34.8 Å². The molecule has 11 heteroatoms.